The summed E-state index contributed by atoms with van der Waals surface area (Å²) in [6.07, 6.45) is 12.8. The number of benzene rings is 2. The molecule has 4 rings (SSSR count). The molecule has 0 heterocycles. The van der Waals surface area contributed by atoms with Gasteiger partial charge in [-0.25, -0.2) is 8.78 Å². The highest BCUT2D eigenvalue weighted by atomic mass is 19.2. The van der Waals surface area contributed by atoms with Crippen molar-refractivity contribution in [1.82, 2.24) is 0 Å². The molecule has 0 radical (unpaired) electrons. The predicted octanol–water partition coefficient (Wildman–Crippen LogP) is 8.60. The molecule has 2 aliphatic carbocycles. The topological polar surface area (TPSA) is 9.23 Å². The summed E-state index contributed by atoms with van der Waals surface area (Å²) in [6.45, 7) is 7.42. The van der Waals surface area contributed by atoms with Gasteiger partial charge in [0.1, 0.15) is 12.4 Å². The van der Waals surface area contributed by atoms with Gasteiger partial charge in [0, 0.05) is 5.56 Å². The van der Waals surface area contributed by atoms with Crippen LogP contribution in [0.5, 0.6) is 5.75 Å². The third-order valence-electron chi connectivity index (χ3n) is 7.66. The van der Waals surface area contributed by atoms with Crippen molar-refractivity contribution in [2.24, 2.45) is 17.8 Å². The van der Waals surface area contributed by atoms with E-state index in [0.29, 0.717) is 17.0 Å². The first kappa shape index (κ1) is 23.7. The number of hydrogen-bond acceptors (Lipinski definition) is 1. The molecule has 0 spiro atoms. The summed E-state index contributed by atoms with van der Waals surface area (Å²) >= 11 is 0. The van der Waals surface area contributed by atoms with Crippen molar-refractivity contribution in [3.05, 3.63) is 78.7 Å². The zero-order valence-corrected chi connectivity index (χ0v) is 19.2. The van der Waals surface area contributed by atoms with Crippen molar-refractivity contribution in [3.8, 4) is 16.9 Å². The molecule has 0 N–H and O–H groups in total. The number of allylic oxidation sites excluding steroid dienone is 1. The Hall–Kier alpha value is -2.49. The Morgan fingerprint density at radius 2 is 1.67 bits per heavy atom. The lowest BCUT2D eigenvalue weighted by atomic mass is 9.63. The highest BCUT2D eigenvalue weighted by Crippen LogP contribution is 2.49. The molecule has 2 aliphatic rings. The summed E-state index contributed by atoms with van der Waals surface area (Å²) in [6, 6.07) is 7.62. The van der Waals surface area contributed by atoms with E-state index in [4.69, 9.17) is 4.74 Å². The Morgan fingerprint density at radius 3 is 2.42 bits per heavy atom. The molecule has 0 amide bonds. The average molecular weight is 455 g/mol. The molecule has 176 valence electrons. The third kappa shape index (κ3) is 5.20. The molecule has 4 atom stereocenters. The third-order valence-corrected chi connectivity index (χ3v) is 7.66. The first-order valence-corrected chi connectivity index (χ1v) is 12.1. The maximum absolute atomic E-state index is 15.2. The Balaban J connectivity index is 1.46. The van der Waals surface area contributed by atoms with Crippen molar-refractivity contribution in [1.29, 1.82) is 0 Å². The van der Waals surface area contributed by atoms with E-state index >= 15 is 4.39 Å². The van der Waals surface area contributed by atoms with E-state index in [1.807, 2.05) is 6.08 Å². The molecular weight excluding hydrogens is 421 g/mol. The second kappa shape index (κ2) is 10.6. The predicted molar refractivity (Wildman–Crippen MR) is 128 cm³/mol. The van der Waals surface area contributed by atoms with Crippen LogP contribution in [0.25, 0.3) is 11.1 Å². The lowest BCUT2D eigenvalue weighted by molar-refractivity contribution is 0.114. The van der Waals surface area contributed by atoms with Crippen LogP contribution in [-0.4, -0.2) is 6.61 Å². The molecule has 33 heavy (non-hydrogen) atoms. The van der Waals surface area contributed by atoms with Crippen molar-refractivity contribution in [3.63, 3.8) is 0 Å². The number of halogens is 3. The molecule has 2 fully saturated rings. The minimum Gasteiger partial charge on any atom is -0.486 e. The standard InChI is InChI=1S/C29H33F3O/c1-3-5-6-19-7-8-21-17-22(10-9-20(21)16-19)24-12-11-23(18-26(24)30)25-13-14-27(33-15-4-2)29(32)28(25)31/h3-4,11-14,18-22H,1-2,5-10,15-17H2. The van der Waals surface area contributed by atoms with Gasteiger partial charge in [0.15, 0.2) is 11.6 Å². The van der Waals surface area contributed by atoms with Gasteiger partial charge in [-0.3, -0.25) is 0 Å². The van der Waals surface area contributed by atoms with Crippen molar-refractivity contribution in [2.45, 2.75) is 57.3 Å². The van der Waals surface area contributed by atoms with Gasteiger partial charge in [0.05, 0.1) is 0 Å². The van der Waals surface area contributed by atoms with E-state index < -0.39 is 11.6 Å². The zero-order chi connectivity index (χ0) is 23.4. The number of fused-ring (bicyclic) bond motifs is 1. The average Bonchev–Trinajstić information content (AvgIpc) is 2.83. The maximum atomic E-state index is 15.2. The summed E-state index contributed by atoms with van der Waals surface area (Å²) in [7, 11) is 0. The first-order chi connectivity index (χ1) is 16.0. The van der Waals surface area contributed by atoms with E-state index in [1.54, 1.807) is 12.1 Å². The highest BCUT2D eigenvalue weighted by molar-refractivity contribution is 5.66. The molecule has 0 bridgehead atoms. The summed E-state index contributed by atoms with van der Waals surface area (Å²) in [5.41, 5.74) is 1.07. The fourth-order valence-corrected chi connectivity index (χ4v) is 5.93. The van der Waals surface area contributed by atoms with Gasteiger partial charge < -0.3 is 4.74 Å². The maximum Gasteiger partial charge on any atom is 0.201 e. The van der Waals surface area contributed by atoms with Gasteiger partial charge in [0.25, 0.3) is 0 Å². The molecule has 1 nitrogen and oxygen atoms in total. The van der Waals surface area contributed by atoms with E-state index in [2.05, 4.69) is 13.2 Å². The van der Waals surface area contributed by atoms with Crippen LogP contribution in [0.1, 0.15) is 62.8 Å². The van der Waals surface area contributed by atoms with Crippen molar-refractivity contribution in [2.75, 3.05) is 6.61 Å². The monoisotopic (exact) mass is 454 g/mol. The van der Waals surface area contributed by atoms with Crippen molar-refractivity contribution >= 4 is 0 Å². The first-order valence-electron chi connectivity index (χ1n) is 12.1. The van der Waals surface area contributed by atoms with E-state index in [9.17, 15) is 8.78 Å². The van der Waals surface area contributed by atoms with Gasteiger partial charge >= 0.3 is 0 Å². The molecular formula is C29H33F3O. The van der Waals surface area contributed by atoms with Crippen LogP contribution in [0.3, 0.4) is 0 Å². The lowest BCUT2D eigenvalue weighted by Gasteiger charge is -2.42. The minimum atomic E-state index is -1.07. The molecule has 4 unspecified atom stereocenters. The zero-order valence-electron chi connectivity index (χ0n) is 19.2. The Morgan fingerprint density at radius 1 is 0.879 bits per heavy atom. The van der Waals surface area contributed by atoms with Crippen LogP contribution in [0.4, 0.5) is 13.2 Å². The quantitative estimate of drug-likeness (QED) is 0.363. The number of rotatable bonds is 8. The molecule has 0 aliphatic heterocycles. The number of hydrogen-bond donors (Lipinski definition) is 0. The largest absolute Gasteiger partial charge is 0.486 e. The molecule has 0 saturated heterocycles. The second-order valence-corrected chi connectivity index (χ2v) is 9.65. The van der Waals surface area contributed by atoms with E-state index in [-0.39, 0.29) is 29.7 Å². The van der Waals surface area contributed by atoms with E-state index in [1.165, 1.54) is 50.0 Å². The van der Waals surface area contributed by atoms with Gasteiger partial charge in [-0.2, -0.15) is 4.39 Å². The molecule has 2 aromatic carbocycles. The summed E-state index contributed by atoms with van der Waals surface area (Å²) in [4.78, 5) is 0. The van der Waals surface area contributed by atoms with E-state index in [0.717, 1.165) is 37.5 Å². The van der Waals surface area contributed by atoms with Crippen LogP contribution in [0.15, 0.2) is 55.6 Å². The summed E-state index contributed by atoms with van der Waals surface area (Å²) in [5, 5.41) is 0. The van der Waals surface area contributed by atoms with Crippen LogP contribution >= 0.6 is 0 Å². The fourth-order valence-electron chi connectivity index (χ4n) is 5.93. The molecule has 0 aromatic heterocycles. The van der Waals surface area contributed by atoms with Crippen LogP contribution in [-0.2, 0) is 0 Å². The second-order valence-electron chi connectivity index (χ2n) is 9.65. The Bertz CT molecular complexity index is 999. The lowest BCUT2D eigenvalue weighted by Crippen LogP contribution is -2.30. The van der Waals surface area contributed by atoms with Crippen LogP contribution in [0.2, 0.25) is 0 Å². The SMILES string of the molecule is C=CCCC1CCC2CC(c3ccc(-c4ccc(OCC=C)c(F)c4F)cc3F)CCC2C1. The van der Waals surface area contributed by atoms with Gasteiger partial charge in [-0.1, -0.05) is 37.3 Å². The fraction of sp³-hybridized carbons (Fsp3) is 0.448. The summed E-state index contributed by atoms with van der Waals surface area (Å²) < 4.78 is 49.3. The minimum absolute atomic E-state index is 0.0328. The van der Waals surface area contributed by atoms with Crippen LogP contribution < -0.4 is 4.74 Å². The van der Waals surface area contributed by atoms with Crippen LogP contribution in [0, 0.1) is 35.2 Å². The molecule has 2 aromatic rings. The van der Waals surface area contributed by atoms with Gasteiger partial charge in [-0.05, 0) is 97.9 Å². The smallest absolute Gasteiger partial charge is 0.201 e. The van der Waals surface area contributed by atoms with Crippen molar-refractivity contribution < 1.29 is 17.9 Å². The Kier molecular flexibility index (Phi) is 7.62. The molecule has 4 heteroatoms. The summed E-state index contributed by atoms with van der Waals surface area (Å²) in [5.74, 6) is -0.185. The van der Waals surface area contributed by atoms with Gasteiger partial charge in [-0.15, -0.1) is 6.58 Å². The highest BCUT2D eigenvalue weighted by Gasteiger charge is 2.36. The molecule has 2 saturated carbocycles. The van der Waals surface area contributed by atoms with Gasteiger partial charge in [0.2, 0.25) is 5.82 Å². The normalized spacial score (nSPS) is 24.7. The number of ether oxygens (including phenoxy) is 1. The Labute approximate surface area is 195 Å².